The Kier molecular flexibility index (Phi) is 3.02. The van der Waals surface area contributed by atoms with Crippen molar-refractivity contribution in [3.63, 3.8) is 0 Å². The third-order valence-corrected chi connectivity index (χ3v) is 4.29. The van der Waals surface area contributed by atoms with Gasteiger partial charge in [-0.3, -0.25) is 4.98 Å². The zero-order valence-electron chi connectivity index (χ0n) is 10.4. The van der Waals surface area contributed by atoms with Gasteiger partial charge in [0, 0.05) is 17.9 Å². The summed E-state index contributed by atoms with van der Waals surface area (Å²) in [5, 5.41) is 0. The lowest BCUT2D eigenvalue weighted by molar-refractivity contribution is 0.0990. The first-order valence-electron chi connectivity index (χ1n) is 6.21. The Bertz CT molecular complexity index is 345. The minimum absolute atomic E-state index is 0.0490. The number of nitrogens with zero attached hydrogens (tertiary/aromatic N) is 1. The molecule has 1 unspecified atom stereocenters. The van der Waals surface area contributed by atoms with Gasteiger partial charge in [0.15, 0.2) is 0 Å². The predicted molar refractivity (Wildman–Crippen MR) is 67.1 cm³/mol. The summed E-state index contributed by atoms with van der Waals surface area (Å²) >= 11 is 0. The van der Waals surface area contributed by atoms with Crippen LogP contribution in [0.1, 0.15) is 45.1 Å². The minimum Gasteiger partial charge on any atom is -0.324 e. The van der Waals surface area contributed by atoms with Crippen LogP contribution in [-0.2, 0) is 6.42 Å². The van der Waals surface area contributed by atoms with E-state index in [1.807, 2.05) is 12.4 Å². The average Bonchev–Trinajstić information content (AvgIpc) is 2.24. The van der Waals surface area contributed by atoms with Crippen molar-refractivity contribution in [2.45, 2.75) is 51.5 Å². The third-order valence-electron chi connectivity index (χ3n) is 4.29. The molecule has 16 heavy (non-hydrogen) atoms. The second-order valence-electron chi connectivity index (χ2n) is 5.78. The monoisotopic (exact) mass is 218 g/mol. The lowest BCUT2D eigenvalue weighted by Crippen LogP contribution is -2.56. The molecule has 0 aromatic carbocycles. The molecular weight excluding hydrogens is 196 g/mol. The summed E-state index contributed by atoms with van der Waals surface area (Å²) in [5.74, 6) is 0. The van der Waals surface area contributed by atoms with Gasteiger partial charge in [-0.05, 0) is 42.4 Å². The topological polar surface area (TPSA) is 38.9 Å². The van der Waals surface area contributed by atoms with Crippen molar-refractivity contribution >= 4 is 0 Å². The Morgan fingerprint density at radius 2 is 1.81 bits per heavy atom. The van der Waals surface area contributed by atoms with Gasteiger partial charge >= 0.3 is 0 Å². The fourth-order valence-corrected chi connectivity index (χ4v) is 2.79. The summed E-state index contributed by atoms with van der Waals surface area (Å²) in [4.78, 5) is 4.06. The molecule has 0 radical (unpaired) electrons. The van der Waals surface area contributed by atoms with Crippen LogP contribution in [0.15, 0.2) is 24.5 Å². The lowest BCUT2D eigenvalue weighted by Gasteiger charge is -2.48. The molecule has 1 aliphatic carbocycles. The van der Waals surface area contributed by atoms with E-state index in [9.17, 15) is 0 Å². The highest BCUT2D eigenvalue weighted by atomic mass is 14.8. The summed E-state index contributed by atoms with van der Waals surface area (Å²) in [6.07, 6.45) is 9.66. The van der Waals surface area contributed by atoms with Crippen molar-refractivity contribution in [2.75, 3.05) is 0 Å². The van der Waals surface area contributed by atoms with Crippen LogP contribution in [-0.4, -0.2) is 10.5 Å². The van der Waals surface area contributed by atoms with Gasteiger partial charge in [0.1, 0.15) is 0 Å². The van der Waals surface area contributed by atoms with Crippen molar-refractivity contribution in [1.82, 2.24) is 4.98 Å². The first-order valence-corrected chi connectivity index (χ1v) is 6.21. The van der Waals surface area contributed by atoms with Gasteiger partial charge in [-0.15, -0.1) is 0 Å². The number of hydrogen-bond donors (Lipinski definition) is 1. The highest BCUT2D eigenvalue weighted by Crippen LogP contribution is 2.43. The highest BCUT2D eigenvalue weighted by Gasteiger charge is 2.43. The van der Waals surface area contributed by atoms with E-state index in [-0.39, 0.29) is 11.0 Å². The van der Waals surface area contributed by atoms with Crippen LogP contribution >= 0.6 is 0 Å². The second-order valence-corrected chi connectivity index (χ2v) is 5.78. The zero-order chi connectivity index (χ0) is 11.6. The largest absolute Gasteiger partial charge is 0.324 e. The van der Waals surface area contributed by atoms with Crippen LogP contribution in [0.25, 0.3) is 0 Å². The first kappa shape index (κ1) is 11.6. The molecule has 0 bridgehead atoms. The number of hydrogen-bond acceptors (Lipinski definition) is 2. The van der Waals surface area contributed by atoms with Crippen LogP contribution < -0.4 is 5.73 Å². The molecule has 2 N–H and O–H groups in total. The fraction of sp³-hybridized carbons (Fsp3) is 0.643. The molecule has 1 atom stereocenters. The maximum absolute atomic E-state index is 6.65. The summed E-state index contributed by atoms with van der Waals surface area (Å²) in [6, 6.07) is 4.17. The zero-order valence-corrected chi connectivity index (χ0v) is 10.4. The Morgan fingerprint density at radius 1 is 1.19 bits per heavy atom. The third kappa shape index (κ3) is 2.12. The molecule has 2 nitrogen and oxygen atoms in total. The maximum Gasteiger partial charge on any atom is 0.0270 e. The van der Waals surface area contributed by atoms with E-state index in [0.717, 1.165) is 12.8 Å². The van der Waals surface area contributed by atoms with Gasteiger partial charge in [-0.1, -0.05) is 26.7 Å². The number of nitrogens with two attached hydrogens (primary N) is 1. The summed E-state index contributed by atoms with van der Waals surface area (Å²) in [6.45, 7) is 4.63. The molecule has 1 aromatic heterocycles. The van der Waals surface area contributed by atoms with Crippen molar-refractivity contribution in [2.24, 2.45) is 11.1 Å². The summed E-state index contributed by atoms with van der Waals surface area (Å²) in [7, 11) is 0. The van der Waals surface area contributed by atoms with Crippen LogP contribution in [0.5, 0.6) is 0 Å². The maximum atomic E-state index is 6.65. The van der Waals surface area contributed by atoms with Crippen molar-refractivity contribution in [1.29, 1.82) is 0 Å². The number of pyridine rings is 1. The first-order chi connectivity index (χ1) is 7.54. The van der Waals surface area contributed by atoms with Gasteiger partial charge in [-0.2, -0.15) is 0 Å². The standard InChI is InChI=1S/C14H22N2/c1-13(2)7-3-4-8-14(13,15)11-12-5-9-16-10-6-12/h5-6,9-10H,3-4,7-8,11,15H2,1-2H3. The fourth-order valence-electron chi connectivity index (χ4n) is 2.79. The number of aromatic nitrogens is 1. The van der Waals surface area contributed by atoms with Gasteiger partial charge in [-0.25, -0.2) is 0 Å². The lowest BCUT2D eigenvalue weighted by atomic mass is 9.61. The molecule has 0 spiro atoms. The molecule has 1 fully saturated rings. The molecule has 88 valence electrons. The van der Waals surface area contributed by atoms with E-state index in [1.54, 1.807) is 0 Å². The Labute approximate surface area is 98.3 Å². The summed E-state index contributed by atoms with van der Waals surface area (Å²) < 4.78 is 0. The Balaban J connectivity index is 2.18. The van der Waals surface area contributed by atoms with Gasteiger partial charge in [0.2, 0.25) is 0 Å². The molecule has 2 rings (SSSR count). The smallest absolute Gasteiger partial charge is 0.0270 e. The quantitative estimate of drug-likeness (QED) is 0.829. The van der Waals surface area contributed by atoms with Gasteiger partial charge in [0.05, 0.1) is 0 Å². The normalized spacial score (nSPS) is 28.9. The van der Waals surface area contributed by atoms with Crippen molar-refractivity contribution in [3.8, 4) is 0 Å². The average molecular weight is 218 g/mol. The van der Waals surface area contributed by atoms with Crippen LogP contribution in [0.4, 0.5) is 0 Å². The van der Waals surface area contributed by atoms with Crippen LogP contribution in [0, 0.1) is 5.41 Å². The van der Waals surface area contributed by atoms with Crippen LogP contribution in [0.3, 0.4) is 0 Å². The van der Waals surface area contributed by atoms with E-state index in [1.165, 1.54) is 24.8 Å². The Hall–Kier alpha value is -0.890. The summed E-state index contributed by atoms with van der Waals surface area (Å²) in [5.41, 5.74) is 8.16. The molecule has 2 heteroatoms. The second kappa shape index (κ2) is 4.17. The van der Waals surface area contributed by atoms with E-state index in [0.29, 0.717) is 0 Å². The molecule has 0 saturated heterocycles. The molecule has 1 aromatic rings. The van der Waals surface area contributed by atoms with Crippen molar-refractivity contribution in [3.05, 3.63) is 30.1 Å². The molecule has 1 saturated carbocycles. The van der Waals surface area contributed by atoms with E-state index in [4.69, 9.17) is 5.73 Å². The van der Waals surface area contributed by atoms with E-state index >= 15 is 0 Å². The van der Waals surface area contributed by atoms with Gasteiger partial charge in [0.25, 0.3) is 0 Å². The SMILES string of the molecule is CC1(C)CCCCC1(N)Cc1ccncc1. The molecular formula is C14H22N2. The molecule has 1 aliphatic rings. The van der Waals surface area contributed by atoms with Gasteiger partial charge < -0.3 is 5.73 Å². The Morgan fingerprint density at radius 3 is 2.44 bits per heavy atom. The molecule has 1 heterocycles. The van der Waals surface area contributed by atoms with Crippen molar-refractivity contribution < 1.29 is 0 Å². The highest BCUT2D eigenvalue weighted by molar-refractivity contribution is 5.16. The predicted octanol–water partition coefficient (Wildman–Crippen LogP) is 2.92. The van der Waals surface area contributed by atoms with E-state index in [2.05, 4.69) is 31.0 Å². The van der Waals surface area contributed by atoms with E-state index < -0.39 is 0 Å². The van der Waals surface area contributed by atoms with Crippen LogP contribution in [0.2, 0.25) is 0 Å². The number of rotatable bonds is 2. The minimum atomic E-state index is -0.0490. The molecule has 0 amide bonds. The molecule has 0 aliphatic heterocycles.